The monoisotopic (exact) mass is 298 g/mol. The van der Waals surface area contributed by atoms with E-state index in [9.17, 15) is 18.0 Å². The Hall–Kier alpha value is -2.49. The van der Waals surface area contributed by atoms with Gasteiger partial charge in [0.25, 0.3) is 0 Å². The lowest BCUT2D eigenvalue weighted by Gasteiger charge is -2.27. The van der Waals surface area contributed by atoms with Gasteiger partial charge in [-0.15, -0.1) is 6.58 Å². The topological polar surface area (TPSA) is 53.3 Å². The lowest BCUT2D eigenvalue weighted by atomic mass is 10.1. The number of nitriles is 1. The fraction of sp³-hybridized carbons (Fsp3) is 0.286. The van der Waals surface area contributed by atoms with Crippen molar-refractivity contribution in [3.8, 4) is 11.8 Å². The number of halogens is 3. The molecule has 21 heavy (non-hydrogen) atoms. The number of hydrogen-bond acceptors (Lipinski definition) is 3. The summed E-state index contributed by atoms with van der Waals surface area (Å²) in [5.41, 5.74) is 0.233. The number of nitrogens with zero attached hydrogens (tertiary/aromatic N) is 2. The quantitative estimate of drug-likeness (QED) is 0.785. The molecule has 0 heterocycles. The molecule has 0 aliphatic rings. The number of benzene rings is 1. The maximum atomic E-state index is 12.6. The lowest BCUT2D eigenvalue weighted by molar-refractivity contribution is -0.186. The molecule has 0 spiro atoms. The maximum Gasteiger partial charge on any atom is 0.471 e. The zero-order valence-corrected chi connectivity index (χ0v) is 11.2. The van der Waals surface area contributed by atoms with Gasteiger partial charge in [-0.25, -0.2) is 0 Å². The highest BCUT2D eigenvalue weighted by Crippen LogP contribution is 2.28. The van der Waals surface area contributed by atoms with E-state index in [1.165, 1.54) is 25.3 Å². The van der Waals surface area contributed by atoms with E-state index in [1.807, 2.05) is 0 Å². The standard InChI is InChI=1S/C14H13F3N2O2/c1-3-7-19(13(20)14(15,16)17)12(9-18)10-5-4-6-11(8-10)21-2/h3-6,8,12H,1,7H2,2H3/t12-/m1/s1. The lowest BCUT2D eigenvalue weighted by Crippen LogP contribution is -2.43. The van der Waals surface area contributed by atoms with Crippen LogP contribution in [0.4, 0.5) is 13.2 Å². The fourth-order valence-corrected chi connectivity index (χ4v) is 1.74. The number of alkyl halides is 3. The maximum absolute atomic E-state index is 12.6. The highest BCUT2D eigenvalue weighted by Gasteiger charge is 2.44. The molecule has 0 bridgehead atoms. The summed E-state index contributed by atoms with van der Waals surface area (Å²) in [5, 5.41) is 9.17. The number of ether oxygens (including phenoxy) is 1. The smallest absolute Gasteiger partial charge is 0.471 e. The largest absolute Gasteiger partial charge is 0.497 e. The van der Waals surface area contributed by atoms with E-state index in [4.69, 9.17) is 10.00 Å². The minimum Gasteiger partial charge on any atom is -0.497 e. The van der Waals surface area contributed by atoms with Crippen LogP contribution < -0.4 is 4.74 Å². The van der Waals surface area contributed by atoms with Crippen LogP contribution in [-0.2, 0) is 4.79 Å². The van der Waals surface area contributed by atoms with Crippen molar-refractivity contribution in [3.05, 3.63) is 42.5 Å². The molecule has 0 saturated carbocycles. The fourth-order valence-electron chi connectivity index (χ4n) is 1.74. The first-order valence-electron chi connectivity index (χ1n) is 5.87. The number of carbonyl (C=O) groups is 1. The summed E-state index contributed by atoms with van der Waals surface area (Å²) in [6, 6.07) is 6.31. The van der Waals surface area contributed by atoms with Crippen LogP contribution in [0.15, 0.2) is 36.9 Å². The normalized spacial score (nSPS) is 12.1. The molecule has 0 aromatic heterocycles. The van der Waals surface area contributed by atoms with Gasteiger partial charge in [-0.2, -0.15) is 18.4 Å². The first-order chi connectivity index (χ1) is 9.85. The van der Waals surface area contributed by atoms with Crippen LogP contribution in [0.2, 0.25) is 0 Å². The Balaban J connectivity index is 3.22. The van der Waals surface area contributed by atoms with Gasteiger partial charge in [-0.05, 0) is 17.7 Å². The summed E-state index contributed by atoms with van der Waals surface area (Å²) >= 11 is 0. The molecule has 7 heteroatoms. The molecule has 1 atom stereocenters. The van der Waals surface area contributed by atoms with Crippen LogP contribution in [-0.4, -0.2) is 30.6 Å². The molecule has 0 unspecified atom stereocenters. The van der Waals surface area contributed by atoms with Crippen LogP contribution >= 0.6 is 0 Å². The molecule has 0 radical (unpaired) electrons. The van der Waals surface area contributed by atoms with E-state index in [-0.39, 0.29) is 5.56 Å². The zero-order valence-electron chi connectivity index (χ0n) is 11.2. The molecule has 4 nitrogen and oxygen atoms in total. The Labute approximate surface area is 120 Å². The molecule has 0 N–H and O–H groups in total. The van der Waals surface area contributed by atoms with E-state index >= 15 is 0 Å². The van der Waals surface area contributed by atoms with E-state index in [1.54, 1.807) is 12.1 Å². The molecule has 0 aliphatic carbocycles. The van der Waals surface area contributed by atoms with Crippen molar-refractivity contribution in [2.75, 3.05) is 13.7 Å². The van der Waals surface area contributed by atoms with Gasteiger partial charge in [-0.3, -0.25) is 4.79 Å². The van der Waals surface area contributed by atoms with Crippen molar-refractivity contribution in [1.29, 1.82) is 5.26 Å². The summed E-state index contributed by atoms with van der Waals surface area (Å²) in [6.45, 7) is 2.92. The van der Waals surface area contributed by atoms with Gasteiger partial charge in [0, 0.05) is 6.54 Å². The van der Waals surface area contributed by atoms with Gasteiger partial charge in [0.2, 0.25) is 0 Å². The molecule has 1 aromatic rings. The molecule has 1 amide bonds. The third kappa shape index (κ3) is 3.99. The third-order valence-corrected chi connectivity index (χ3v) is 2.67. The Bertz CT molecular complexity index is 564. The van der Waals surface area contributed by atoms with E-state index in [0.29, 0.717) is 10.6 Å². The van der Waals surface area contributed by atoms with E-state index in [0.717, 1.165) is 6.08 Å². The van der Waals surface area contributed by atoms with E-state index < -0.39 is 24.7 Å². The minimum atomic E-state index is -5.06. The number of amides is 1. The second kappa shape index (κ2) is 6.79. The first-order valence-corrected chi connectivity index (χ1v) is 5.87. The van der Waals surface area contributed by atoms with Gasteiger partial charge in [0.1, 0.15) is 11.8 Å². The molecule has 0 aliphatic heterocycles. The third-order valence-electron chi connectivity index (χ3n) is 2.67. The number of methoxy groups -OCH3 is 1. The summed E-state index contributed by atoms with van der Waals surface area (Å²) in [6.07, 6.45) is -3.93. The average molecular weight is 298 g/mol. The average Bonchev–Trinajstić information content (AvgIpc) is 2.45. The van der Waals surface area contributed by atoms with Crippen LogP contribution in [0, 0.1) is 11.3 Å². The van der Waals surface area contributed by atoms with Crippen molar-refractivity contribution in [2.24, 2.45) is 0 Å². The Morgan fingerprint density at radius 2 is 2.24 bits per heavy atom. The predicted molar refractivity (Wildman–Crippen MR) is 69.3 cm³/mol. The summed E-state index contributed by atoms with van der Waals surface area (Å²) in [5.74, 6) is -1.71. The zero-order chi connectivity index (χ0) is 16.0. The highest BCUT2D eigenvalue weighted by molar-refractivity contribution is 5.82. The summed E-state index contributed by atoms with van der Waals surface area (Å²) in [7, 11) is 1.39. The van der Waals surface area contributed by atoms with Crippen molar-refractivity contribution in [2.45, 2.75) is 12.2 Å². The highest BCUT2D eigenvalue weighted by atomic mass is 19.4. The number of hydrogen-bond donors (Lipinski definition) is 0. The second-order valence-electron chi connectivity index (χ2n) is 4.05. The minimum absolute atomic E-state index is 0.233. The number of carbonyl (C=O) groups excluding carboxylic acids is 1. The van der Waals surface area contributed by atoms with Gasteiger partial charge in [0.15, 0.2) is 0 Å². The van der Waals surface area contributed by atoms with Crippen LogP contribution in [0.25, 0.3) is 0 Å². The Morgan fingerprint density at radius 3 is 2.71 bits per heavy atom. The molecular weight excluding hydrogens is 285 g/mol. The number of rotatable bonds is 5. The van der Waals surface area contributed by atoms with Crippen molar-refractivity contribution in [1.82, 2.24) is 4.90 Å². The second-order valence-corrected chi connectivity index (χ2v) is 4.05. The summed E-state index contributed by atoms with van der Waals surface area (Å²) < 4.78 is 42.8. The van der Waals surface area contributed by atoms with Gasteiger partial charge >= 0.3 is 12.1 Å². The molecule has 0 fully saturated rings. The SMILES string of the molecule is C=CCN(C(=O)C(F)(F)F)[C@H](C#N)c1cccc(OC)c1. The molecule has 1 aromatic carbocycles. The van der Waals surface area contributed by atoms with Crippen LogP contribution in [0.3, 0.4) is 0 Å². The van der Waals surface area contributed by atoms with E-state index in [2.05, 4.69) is 6.58 Å². The van der Waals surface area contributed by atoms with Crippen molar-refractivity contribution in [3.63, 3.8) is 0 Å². The first kappa shape index (κ1) is 16.6. The molecule has 112 valence electrons. The summed E-state index contributed by atoms with van der Waals surface area (Å²) in [4.78, 5) is 11.9. The van der Waals surface area contributed by atoms with Gasteiger partial charge in [-0.1, -0.05) is 18.2 Å². The van der Waals surface area contributed by atoms with Crippen molar-refractivity contribution < 1.29 is 22.7 Å². The molecule has 1 rings (SSSR count). The predicted octanol–water partition coefficient (Wildman–Crippen LogP) is 2.84. The Morgan fingerprint density at radius 1 is 1.57 bits per heavy atom. The van der Waals surface area contributed by atoms with Crippen LogP contribution in [0.5, 0.6) is 5.75 Å². The van der Waals surface area contributed by atoms with Gasteiger partial charge in [0.05, 0.1) is 13.2 Å². The molecule has 0 saturated heterocycles. The van der Waals surface area contributed by atoms with Gasteiger partial charge < -0.3 is 9.64 Å². The van der Waals surface area contributed by atoms with Crippen molar-refractivity contribution >= 4 is 5.91 Å². The molecular formula is C14H13F3N2O2. The Kier molecular flexibility index (Phi) is 5.36. The van der Waals surface area contributed by atoms with Crippen LogP contribution in [0.1, 0.15) is 11.6 Å².